The van der Waals surface area contributed by atoms with Gasteiger partial charge in [0.1, 0.15) is 0 Å². The fraction of sp³-hybridized carbons (Fsp3) is 1.00. The highest BCUT2D eigenvalue weighted by Gasteiger charge is 2.20. The summed E-state index contributed by atoms with van der Waals surface area (Å²) in [5.74, 6) is 2.51. The summed E-state index contributed by atoms with van der Waals surface area (Å²) in [5, 5.41) is 0. The Kier molecular flexibility index (Phi) is 8.31. The van der Waals surface area contributed by atoms with Crippen molar-refractivity contribution < 1.29 is 8.97 Å². The molecule has 4 heteroatoms. The predicted octanol–water partition coefficient (Wildman–Crippen LogP) is 3.34. The summed E-state index contributed by atoms with van der Waals surface area (Å²) < 4.78 is 2.25. The molecule has 0 spiro atoms. The van der Waals surface area contributed by atoms with E-state index in [0.29, 0.717) is 12.1 Å². The highest BCUT2D eigenvalue weighted by molar-refractivity contribution is 8.76. The lowest BCUT2D eigenvalue weighted by molar-refractivity contribution is -0.908. The van der Waals surface area contributed by atoms with Crippen LogP contribution in [0, 0.1) is 0 Å². The van der Waals surface area contributed by atoms with E-state index in [2.05, 4.69) is 55.9 Å². The summed E-state index contributed by atoms with van der Waals surface area (Å²) in [6.45, 7) is 11.7. The van der Waals surface area contributed by atoms with Crippen LogP contribution in [0.3, 0.4) is 0 Å². The maximum atomic E-state index is 2.33. The number of quaternary nitrogens is 2. The second kappa shape index (κ2) is 8.03. The van der Waals surface area contributed by atoms with Gasteiger partial charge in [-0.2, -0.15) is 0 Å². The molecule has 0 rings (SSSR count). The smallest absolute Gasteiger partial charge is 0.0884 e. The molecule has 0 heterocycles. The molecular formula is C14H34N2S2+2. The van der Waals surface area contributed by atoms with Gasteiger partial charge in [-0.1, -0.05) is 21.6 Å². The van der Waals surface area contributed by atoms with Crippen molar-refractivity contribution in [3.8, 4) is 0 Å². The maximum absolute atomic E-state index is 2.33. The molecule has 0 atom stereocenters. The van der Waals surface area contributed by atoms with Crippen LogP contribution in [0.15, 0.2) is 0 Å². The number of nitrogens with zero attached hydrogens (tertiary/aromatic N) is 2. The van der Waals surface area contributed by atoms with E-state index < -0.39 is 0 Å². The first-order chi connectivity index (χ1) is 8.09. The minimum absolute atomic E-state index is 0.715. The fourth-order valence-electron chi connectivity index (χ4n) is 1.18. The largest absolute Gasteiger partial charge is 0.326 e. The molecule has 0 aromatic carbocycles. The van der Waals surface area contributed by atoms with Crippen LogP contribution in [-0.4, -0.2) is 73.8 Å². The molecule has 0 N–H and O–H groups in total. The van der Waals surface area contributed by atoms with Crippen LogP contribution in [0.5, 0.6) is 0 Å². The van der Waals surface area contributed by atoms with Crippen LogP contribution in [0.4, 0.5) is 0 Å². The zero-order chi connectivity index (χ0) is 14.4. The van der Waals surface area contributed by atoms with Gasteiger partial charge in [-0.3, -0.25) is 0 Å². The molecule has 0 radical (unpaired) electrons. The third-order valence-electron chi connectivity index (χ3n) is 4.38. The van der Waals surface area contributed by atoms with Crippen LogP contribution in [-0.2, 0) is 0 Å². The van der Waals surface area contributed by atoms with Crippen molar-refractivity contribution in [3.63, 3.8) is 0 Å². The summed E-state index contributed by atoms with van der Waals surface area (Å²) in [5.41, 5.74) is 0. The molecule has 0 fully saturated rings. The van der Waals surface area contributed by atoms with E-state index in [1.807, 2.05) is 21.6 Å². The molecule has 0 aromatic heterocycles. The second-order valence-corrected chi connectivity index (χ2v) is 9.54. The Hall–Kier alpha value is 0.620. The lowest BCUT2D eigenvalue weighted by atomic mass is 10.3. The molecule has 110 valence electrons. The topological polar surface area (TPSA) is 0 Å². The van der Waals surface area contributed by atoms with Crippen LogP contribution in [0.25, 0.3) is 0 Å². The van der Waals surface area contributed by atoms with E-state index in [1.54, 1.807) is 0 Å². The first-order valence-corrected chi connectivity index (χ1v) is 9.48. The average Bonchev–Trinajstić information content (AvgIpc) is 2.22. The number of rotatable bonds is 9. The molecule has 0 aliphatic carbocycles. The molecule has 0 unspecified atom stereocenters. The fourth-order valence-corrected chi connectivity index (χ4v) is 3.66. The molecule has 0 aromatic rings. The van der Waals surface area contributed by atoms with Crippen molar-refractivity contribution in [1.82, 2.24) is 0 Å². The van der Waals surface area contributed by atoms with E-state index >= 15 is 0 Å². The lowest BCUT2D eigenvalue weighted by Gasteiger charge is -2.34. The van der Waals surface area contributed by atoms with Gasteiger partial charge in [0.2, 0.25) is 0 Å². The van der Waals surface area contributed by atoms with Crippen molar-refractivity contribution >= 4 is 21.6 Å². The van der Waals surface area contributed by atoms with E-state index in [0.717, 1.165) is 8.97 Å². The van der Waals surface area contributed by atoms with Gasteiger partial charge in [-0.25, -0.2) is 0 Å². The van der Waals surface area contributed by atoms with E-state index in [9.17, 15) is 0 Å². The van der Waals surface area contributed by atoms with Gasteiger partial charge in [-0.05, 0) is 27.7 Å². The third-order valence-corrected chi connectivity index (χ3v) is 6.75. The Labute approximate surface area is 123 Å². The SMILES string of the molecule is CC(C)[N+](C)(C)CCSSCC[N+](C)(C)C(C)C. The first kappa shape index (κ1) is 18.6. The second-order valence-electron chi connectivity index (χ2n) is 6.84. The van der Waals surface area contributed by atoms with Gasteiger partial charge < -0.3 is 8.97 Å². The molecule has 0 aliphatic heterocycles. The first-order valence-electron chi connectivity index (χ1n) is 6.99. The third kappa shape index (κ3) is 7.27. The van der Waals surface area contributed by atoms with E-state index in [4.69, 9.17) is 0 Å². The standard InChI is InChI=1S/C14H34N2S2/c1-13(2)15(5,6)9-11-17-18-12-10-16(7,8)14(3)4/h13-14H,9-12H2,1-8H3/q+2. The number of hydrogen-bond donors (Lipinski definition) is 0. The lowest BCUT2D eigenvalue weighted by Crippen LogP contribution is -2.47. The maximum Gasteiger partial charge on any atom is 0.0884 e. The number of hydrogen-bond acceptors (Lipinski definition) is 2. The molecule has 0 amide bonds. The summed E-state index contributed by atoms with van der Waals surface area (Å²) in [6, 6.07) is 1.43. The van der Waals surface area contributed by atoms with Crippen molar-refractivity contribution in [1.29, 1.82) is 0 Å². The Bertz CT molecular complexity index is 202. The van der Waals surface area contributed by atoms with Crippen LogP contribution in [0.2, 0.25) is 0 Å². The van der Waals surface area contributed by atoms with Crippen LogP contribution < -0.4 is 0 Å². The van der Waals surface area contributed by atoms with Gasteiger partial charge in [-0.15, -0.1) is 0 Å². The Balaban J connectivity index is 3.65. The molecule has 2 nitrogen and oxygen atoms in total. The van der Waals surface area contributed by atoms with Crippen LogP contribution >= 0.6 is 21.6 Å². The summed E-state index contributed by atoms with van der Waals surface area (Å²) in [7, 11) is 13.4. The monoisotopic (exact) mass is 294 g/mol. The zero-order valence-electron chi connectivity index (χ0n) is 13.7. The Morgan fingerprint density at radius 2 is 0.944 bits per heavy atom. The highest BCUT2D eigenvalue weighted by atomic mass is 33.1. The minimum atomic E-state index is 0.715. The zero-order valence-corrected chi connectivity index (χ0v) is 15.3. The summed E-state index contributed by atoms with van der Waals surface area (Å²) in [4.78, 5) is 0. The molecule has 18 heavy (non-hydrogen) atoms. The van der Waals surface area contributed by atoms with Crippen molar-refractivity contribution in [2.45, 2.75) is 39.8 Å². The van der Waals surface area contributed by atoms with Gasteiger partial charge >= 0.3 is 0 Å². The predicted molar refractivity (Wildman–Crippen MR) is 89.1 cm³/mol. The van der Waals surface area contributed by atoms with Gasteiger partial charge in [0.25, 0.3) is 0 Å². The molecule has 0 bridgehead atoms. The minimum Gasteiger partial charge on any atom is -0.326 e. The molecule has 0 saturated carbocycles. The van der Waals surface area contributed by atoms with Crippen molar-refractivity contribution in [2.75, 3.05) is 52.8 Å². The highest BCUT2D eigenvalue weighted by Crippen LogP contribution is 2.23. The molecular weight excluding hydrogens is 260 g/mol. The summed E-state index contributed by atoms with van der Waals surface area (Å²) >= 11 is 0. The molecule has 0 saturated heterocycles. The van der Waals surface area contributed by atoms with E-state index in [1.165, 1.54) is 24.6 Å². The Morgan fingerprint density at radius 3 is 1.17 bits per heavy atom. The van der Waals surface area contributed by atoms with Gasteiger partial charge in [0.05, 0.1) is 64.9 Å². The quantitative estimate of drug-likeness (QED) is 0.363. The van der Waals surface area contributed by atoms with E-state index in [-0.39, 0.29) is 0 Å². The van der Waals surface area contributed by atoms with Crippen molar-refractivity contribution in [3.05, 3.63) is 0 Å². The van der Waals surface area contributed by atoms with Crippen LogP contribution in [0.1, 0.15) is 27.7 Å². The summed E-state index contributed by atoms with van der Waals surface area (Å²) in [6.07, 6.45) is 0. The Morgan fingerprint density at radius 1 is 0.667 bits per heavy atom. The van der Waals surface area contributed by atoms with Gasteiger partial charge in [0, 0.05) is 0 Å². The van der Waals surface area contributed by atoms with Crippen molar-refractivity contribution in [2.24, 2.45) is 0 Å². The molecule has 0 aliphatic rings. The normalized spacial score (nSPS) is 13.7. The average molecular weight is 295 g/mol. The van der Waals surface area contributed by atoms with Gasteiger partial charge in [0.15, 0.2) is 0 Å².